The first kappa shape index (κ1) is 20.2. The van der Waals surface area contributed by atoms with Gasteiger partial charge in [0.1, 0.15) is 11.9 Å². The lowest BCUT2D eigenvalue weighted by atomic mass is 10.1. The SMILES string of the molecule is CCc1ccccc1CNC(=NC)NCc1ccc(C)cc1OC1CCOC1. The first-order valence-corrected chi connectivity index (χ1v) is 10.0. The smallest absolute Gasteiger partial charge is 0.191 e. The van der Waals surface area contributed by atoms with E-state index in [1.165, 1.54) is 16.7 Å². The van der Waals surface area contributed by atoms with E-state index in [1.54, 1.807) is 7.05 Å². The first-order chi connectivity index (χ1) is 13.7. The Bertz CT molecular complexity index is 798. The van der Waals surface area contributed by atoms with E-state index in [2.05, 4.69) is 71.9 Å². The largest absolute Gasteiger partial charge is 0.488 e. The molecule has 150 valence electrons. The fourth-order valence-electron chi connectivity index (χ4n) is 3.36. The third kappa shape index (κ3) is 5.49. The first-order valence-electron chi connectivity index (χ1n) is 10.0. The van der Waals surface area contributed by atoms with Crippen molar-refractivity contribution >= 4 is 5.96 Å². The molecule has 0 aromatic heterocycles. The van der Waals surface area contributed by atoms with Crippen LogP contribution >= 0.6 is 0 Å². The number of benzene rings is 2. The van der Waals surface area contributed by atoms with Gasteiger partial charge in [-0.25, -0.2) is 0 Å². The number of aryl methyl sites for hydroxylation is 2. The Balaban J connectivity index is 1.60. The topological polar surface area (TPSA) is 54.9 Å². The molecule has 2 aromatic rings. The van der Waals surface area contributed by atoms with E-state index in [0.29, 0.717) is 13.2 Å². The van der Waals surface area contributed by atoms with Gasteiger partial charge in [-0.1, -0.05) is 43.3 Å². The zero-order valence-electron chi connectivity index (χ0n) is 17.1. The lowest BCUT2D eigenvalue weighted by Gasteiger charge is -2.18. The molecule has 1 aliphatic rings. The van der Waals surface area contributed by atoms with Crippen molar-refractivity contribution in [3.8, 4) is 5.75 Å². The molecule has 2 aromatic carbocycles. The van der Waals surface area contributed by atoms with E-state index in [1.807, 2.05) is 0 Å². The fraction of sp³-hybridized carbons (Fsp3) is 0.435. The average Bonchev–Trinajstić information content (AvgIpc) is 3.22. The van der Waals surface area contributed by atoms with Crippen molar-refractivity contribution in [3.63, 3.8) is 0 Å². The molecular weight excluding hydrogens is 350 g/mol. The van der Waals surface area contributed by atoms with Gasteiger partial charge in [0.05, 0.1) is 13.2 Å². The van der Waals surface area contributed by atoms with Crippen molar-refractivity contribution < 1.29 is 9.47 Å². The number of rotatable bonds is 7. The monoisotopic (exact) mass is 381 g/mol. The Morgan fingerprint density at radius 1 is 1.11 bits per heavy atom. The summed E-state index contributed by atoms with van der Waals surface area (Å²) in [6.07, 6.45) is 2.11. The summed E-state index contributed by atoms with van der Waals surface area (Å²) < 4.78 is 11.6. The van der Waals surface area contributed by atoms with Gasteiger partial charge >= 0.3 is 0 Å². The minimum atomic E-state index is 0.142. The Hall–Kier alpha value is -2.53. The third-order valence-corrected chi connectivity index (χ3v) is 5.02. The number of aliphatic imine (C=N–C) groups is 1. The molecule has 0 spiro atoms. The third-order valence-electron chi connectivity index (χ3n) is 5.02. The van der Waals surface area contributed by atoms with Gasteiger partial charge in [-0.05, 0) is 36.1 Å². The summed E-state index contributed by atoms with van der Waals surface area (Å²) in [5, 5.41) is 6.82. The van der Waals surface area contributed by atoms with E-state index in [4.69, 9.17) is 9.47 Å². The number of nitrogens with one attached hydrogen (secondary N) is 2. The van der Waals surface area contributed by atoms with Crippen LogP contribution in [0.25, 0.3) is 0 Å². The van der Waals surface area contributed by atoms with Gasteiger partial charge in [-0.3, -0.25) is 4.99 Å². The summed E-state index contributed by atoms with van der Waals surface area (Å²) in [7, 11) is 1.80. The van der Waals surface area contributed by atoms with E-state index in [9.17, 15) is 0 Å². The van der Waals surface area contributed by atoms with Gasteiger partial charge in [0, 0.05) is 32.1 Å². The van der Waals surface area contributed by atoms with Crippen LogP contribution in [-0.2, 0) is 24.2 Å². The molecule has 1 fully saturated rings. The Kier molecular flexibility index (Phi) is 7.31. The Morgan fingerprint density at radius 3 is 2.54 bits per heavy atom. The highest BCUT2D eigenvalue weighted by molar-refractivity contribution is 5.79. The molecule has 1 saturated heterocycles. The van der Waals surface area contributed by atoms with Crippen molar-refractivity contribution in [2.75, 3.05) is 20.3 Å². The predicted molar refractivity (Wildman–Crippen MR) is 114 cm³/mol. The summed E-state index contributed by atoms with van der Waals surface area (Å²) in [4.78, 5) is 4.36. The van der Waals surface area contributed by atoms with E-state index >= 15 is 0 Å². The van der Waals surface area contributed by atoms with Gasteiger partial charge in [0.15, 0.2) is 5.96 Å². The summed E-state index contributed by atoms with van der Waals surface area (Å²) in [6.45, 7) is 7.11. The van der Waals surface area contributed by atoms with Crippen LogP contribution in [0.4, 0.5) is 0 Å². The molecule has 0 amide bonds. The molecule has 3 rings (SSSR count). The molecule has 0 aliphatic carbocycles. The van der Waals surface area contributed by atoms with Crippen LogP contribution in [0.5, 0.6) is 5.75 Å². The quantitative estimate of drug-likeness (QED) is 0.568. The van der Waals surface area contributed by atoms with Crippen LogP contribution in [0, 0.1) is 6.92 Å². The summed E-state index contributed by atoms with van der Waals surface area (Å²) in [5.74, 6) is 1.71. The van der Waals surface area contributed by atoms with Crippen LogP contribution in [0.3, 0.4) is 0 Å². The van der Waals surface area contributed by atoms with E-state index in [0.717, 1.165) is 43.3 Å². The Morgan fingerprint density at radius 2 is 1.86 bits per heavy atom. The van der Waals surface area contributed by atoms with Crippen molar-refractivity contribution in [1.29, 1.82) is 0 Å². The number of ether oxygens (including phenoxy) is 2. The minimum Gasteiger partial charge on any atom is -0.488 e. The maximum Gasteiger partial charge on any atom is 0.191 e. The second-order valence-electron chi connectivity index (χ2n) is 7.12. The zero-order valence-corrected chi connectivity index (χ0v) is 17.1. The van der Waals surface area contributed by atoms with Crippen molar-refractivity contribution in [3.05, 3.63) is 64.7 Å². The van der Waals surface area contributed by atoms with Crippen molar-refractivity contribution in [2.45, 2.75) is 45.9 Å². The lowest BCUT2D eigenvalue weighted by Crippen LogP contribution is -2.36. The lowest BCUT2D eigenvalue weighted by molar-refractivity contribution is 0.140. The molecule has 1 heterocycles. The second-order valence-corrected chi connectivity index (χ2v) is 7.12. The molecule has 0 radical (unpaired) electrons. The van der Waals surface area contributed by atoms with Crippen LogP contribution in [0.1, 0.15) is 35.6 Å². The molecule has 0 bridgehead atoms. The molecule has 2 N–H and O–H groups in total. The zero-order chi connectivity index (χ0) is 19.8. The standard InChI is InChI=1S/C23H31N3O2/c1-4-18-7-5-6-8-19(18)14-25-23(24-3)26-15-20-10-9-17(2)13-22(20)28-21-11-12-27-16-21/h5-10,13,21H,4,11-12,14-16H2,1-3H3,(H2,24,25,26). The van der Waals surface area contributed by atoms with Crippen LogP contribution < -0.4 is 15.4 Å². The van der Waals surface area contributed by atoms with Crippen LogP contribution in [-0.4, -0.2) is 32.3 Å². The number of hydrogen-bond acceptors (Lipinski definition) is 3. The van der Waals surface area contributed by atoms with E-state index < -0.39 is 0 Å². The van der Waals surface area contributed by atoms with Gasteiger partial charge in [0.2, 0.25) is 0 Å². The molecule has 1 unspecified atom stereocenters. The van der Waals surface area contributed by atoms with Crippen LogP contribution in [0.15, 0.2) is 47.5 Å². The summed E-state index contributed by atoms with van der Waals surface area (Å²) >= 11 is 0. The minimum absolute atomic E-state index is 0.142. The average molecular weight is 382 g/mol. The predicted octanol–water partition coefficient (Wildman–Crippen LogP) is 3.59. The summed E-state index contributed by atoms with van der Waals surface area (Å²) in [6, 6.07) is 14.8. The van der Waals surface area contributed by atoms with Crippen LogP contribution in [0.2, 0.25) is 0 Å². The summed E-state index contributed by atoms with van der Waals surface area (Å²) in [5.41, 5.74) is 4.97. The highest BCUT2D eigenvalue weighted by atomic mass is 16.5. The highest BCUT2D eigenvalue weighted by Crippen LogP contribution is 2.23. The van der Waals surface area contributed by atoms with Crippen molar-refractivity contribution in [1.82, 2.24) is 10.6 Å². The maximum absolute atomic E-state index is 6.19. The molecule has 5 nitrogen and oxygen atoms in total. The van der Waals surface area contributed by atoms with Gasteiger partial charge < -0.3 is 20.1 Å². The molecule has 0 saturated carbocycles. The molecule has 1 aliphatic heterocycles. The van der Waals surface area contributed by atoms with Crippen molar-refractivity contribution in [2.24, 2.45) is 4.99 Å². The van der Waals surface area contributed by atoms with Gasteiger partial charge in [-0.2, -0.15) is 0 Å². The molecule has 5 heteroatoms. The molecule has 1 atom stereocenters. The number of hydrogen-bond donors (Lipinski definition) is 2. The second kappa shape index (κ2) is 10.1. The van der Waals surface area contributed by atoms with Gasteiger partial charge in [0.25, 0.3) is 0 Å². The Labute approximate surface area is 168 Å². The fourth-order valence-corrected chi connectivity index (χ4v) is 3.36. The molecule has 28 heavy (non-hydrogen) atoms. The van der Waals surface area contributed by atoms with E-state index in [-0.39, 0.29) is 6.10 Å². The number of nitrogens with zero attached hydrogens (tertiary/aromatic N) is 1. The number of guanidine groups is 1. The van der Waals surface area contributed by atoms with Gasteiger partial charge in [-0.15, -0.1) is 0 Å². The maximum atomic E-state index is 6.19. The normalized spacial score (nSPS) is 16.8. The molecular formula is C23H31N3O2. The highest BCUT2D eigenvalue weighted by Gasteiger charge is 2.18.